The van der Waals surface area contributed by atoms with Crippen LogP contribution in [-0.2, 0) is 21.1 Å². The number of sulfone groups is 1. The van der Waals surface area contributed by atoms with Crippen LogP contribution in [0.1, 0.15) is 12.0 Å². The summed E-state index contributed by atoms with van der Waals surface area (Å²) >= 11 is 0. The van der Waals surface area contributed by atoms with E-state index in [0.717, 1.165) is 30.8 Å². The Kier molecular flexibility index (Phi) is 5.10. The number of carbonyl (C=O) groups excluding carboxylic acids is 1. The summed E-state index contributed by atoms with van der Waals surface area (Å²) in [7, 11) is -1.25. The number of hydrogen-bond donors (Lipinski definition) is 0. The number of ether oxygens (including phenoxy) is 1. The number of piperazine rings is 1. The number of amides is 1. The minimum atomic E-state index is -2.86. The van der Waals surface area contributed by atoms with Gasteiger partial charge in [-0.3, -0.25) is 9.69 Å². The molecule has 2 saturated heterocycles. The van der Waals surface area contributed by atoms with Crippen LogP contribution in [0.3, 0.4) is 0 Å². The Labute approximate surface area is 143 Å². The summed E-state index contributed by atoms with van der Waals surface area (Å²) in [6, 6.07) is 7.70. The Hall–Kier alpha value is -1.60. The molecule has 1 atom stereocenters. The van der Waals surface area contributed by atoms with Crippen LogP contribution in [0.15, 0.2) is 24.3 Å². The van der Waals surface area contributed by atoms with Crippen molar-refractivity contribution in [2.45, 2.75) is 18.9 Å². The molecule has 0 aliphatic carbocycles. The molecule has 2 fully saturated rings. The molecular weight excluding hydrogens is 328 g/mol. The number of para-hydroxylation sites is 1. The second-order valence-electron chi connectivity index (χ2n) is 6.46. The van der Waals surface area contributed by atoms with Gasteiger partial charge in [-0.2, -0.15) is 0 Å². The van der Waals surface area contributed by atoms with Gasteiger partial charge in [0.05, 0.1) is 25.0 Å². The molecule has 0 N–H and O–H groups in total. The van der Waals surface area contributed by atoms with Crippen LogP contribution >= 0.6 is 0 Å². The van der Waals surface area contributed by atoms with Gasteiger partial charge in [-0.1, -0.05) is 18.2 Å². The van der Waals surface area contributed by atoms with Gasteiger partial charge in [0.1, 0.15) is 5.75 Å². The highest BCUT2D eigenvalue weighted by atomic mass is 32.2. The van der Waals surface area contributed by atoms with E-state index in [1.54, 1.807) is 7.11 Å². The monoisotopic (exact) mass is 352 g/mol. The molecule has 2 heterocycles. The van der Waals surface area contributed by atoms with Crippen molar-refractivity contribution >= 4 is 15.7 Å². The van der Waals surface area contributed by atoms with E-state index in [4.69, 9.17) is 4.74 Å². The molecule has 1 aromatic rings. The second-order valence-corrected chi connectivity index (χ2v) is 8.69. The molecule has 1 amide bonds. The number of carbonyl (C=O) groups is 1. The average molecular weight is 352 g/mol. The summed E-state index contributed by atoms with van der Waals surface area (Å²) < 4.78 is 28.5. The average Bonchev–Trinajstić information content (AvgIpc) is 2.95. The fourth-order valence-corrected chi connectivity index (χ4v) is 5.29. The maximum absolute atomic E-state index is 12.5. The Morgan fingerprint density at radius 2 is 1.92 bits per heavy atom. The summed E-state index contributed by atoms with van der Waals surface area (Å²) in [4.78, 5) is 16.6. The van der Waals surface area contributed by atoms with Crippen molar-refractivity contribution in [3.8, 4) is 5.75 Å². The van der Waals surface area contributed by atoms with E-state index in [0.29, 0.717) is 25.3 Å². The highest BCUT2D eigenvalue weighted by molar-refractivity contribution is 7.91. The van der Waals surface area contributed by atoms with Gasteiger partial charge in [-0.15, -0.1) is 0 Å². The van der Waals surface area contributed by atoms with Crippen molar-refractivity contribution < 1.29 is 17.9 Å². The summed E-state index contributed by atoms with van der Waals surface area (Å²) in [6.45, 7) is 2.81. The summed E-state index contributed by atoms with van der Waals surface area (Å²) in [5.74, 6) is 1.39. The molecule has 3 rings (SSSR count). The molecule has 2 aliphatic heterocycles. The molecule has 0 radical (unpaired) electrons. The van der Waals surface area contributed by atoms with Crippen molar-refractivity contribution in [3.63, 3.8) is 0 Å². The minimum Gasteiger partial charge on any atom is -0.496 e. The Morgan fingerprint density at radius 1 is 1.21 bits per heavy atom. The van der Waals surface area contributed by atoms with Gasteiger partial charge in [-0.05, 0) is 12.5 Å². The molecule has 6 nitrogen and oxygen atoms in total. The SMILES string of the molecule is COc1ccccc1CC(=O)N1CCN(C2CCS(=O)(=O)C2)CC1. The molecule has 0 bridgehead atoms. The van der Waals surface area contributed by atoms with E-state index in [1.165, 1.54) is 0 Å². The molecular formula is C17H24N2O4S. The van der Waals surface area contributed by atoms with E-state index in [9.17, 15) is 13.2 Å². The molecule has 0 spiro atoms. The first kappa shape index (κ1) is 17.2. The highest BCUT2D eigenvalue weighted by Gasteiger charge is 2.34. The van der Waals surface area contributed by atoms with E-state index in [1.807, 2.05) is 29.2 Å². The molecule has 24 heavy (non-hydrogen) atoms. The van der Waals surface area contributed by atoms with Gasteiger partial charge in [0, 0.05) is 37.8 Å². The maximum atomic E-state index is 12.5. The first-order valence-electron chi connectivity index (χ1n) is 8.32. The third kappa shape index (κ3) is 3.89. The normalized spacial score (nSPS) is 24.0. The van der Waals surface area contributed by atoms with Crippen molar-refractivity contribution in [3.05, 3.63) is 29.8 Å². The van der Waals surface area contributed by atoms with E-state index in [-0.39, 0.29) is 17.7 Å². The van der Waals surface area contributed by atoms with E-state index in [2.05, 4.69) is 4.90 Å². The lowest BCUT2D eigenvalue weighted by molar-refractivity contribution is -0.132. The standard InChI is InChI=1S/C17H24N2O4S/c1-23-16-5-3-2-4-14(16)12-17(20)19-9-7-18(8-10-19)15-6-11-24(21,22)13-15/h2-5,15H,6-13H2,1H3. The molecule has 132 valence electrons. The predicted octanol–water partition coefficient (Wildman–Crippen LogP) is 0.569. The lowest BCUT2D eigenvalue weighted by Gasteiger charge is -2.37. The Morgan fingerprint density at radius 3 is 2.54 bits per heavy atom. The van der Waals surface area contributed by atoms with Gasteiger partial charge < -0.3 is 9.64 Å². The molecule has 7 heteroatoms. The molecule has 2 aliphatic rings. The Bertz CT molecular complexity index is 696. The highest BCUT2D eigenvalue weighted by Crippen LogP contribution is 2.21. The smallest absolute Gasteiger partial charge is 0.227 e. The zero-order valence-corrected chi connectivity index (χ0v) is 14.8. The second kappa shape index (κ2) is 7.11. The van der Waals surface area contributed by atoms with Crippen LogP contribution in [-0.4, -0.2) is 75.0 Å². The van der Waals surface area contributed by atoms with Crippen LogP contribution < -0.4 is 4.74 Å². The van der Waals surface area contributed by atoms with Crippen molar-refractivity contribution in [1.82, 2.24) is 9.80 Å². The van der Waals surface area contributed by atoms with Gasteiger partial charge >= 0.3 is 0 Å². The summed E-state index contributed by atoms with van der Waals surface area (Å²) in [6.07, 6.45) is 1.05. The topological polar surface area (TPSA) is 66.9 Å². The van der Waals surface area contributed by atoms with Crippen LogP contribution in [0.2, 0.25) is 0 Å². The molecule has 1 unspecified atom stereocenters. The van der Waals surface area contributed by atoms with Crippen LogP contribution in [0.5, 0.6) is 5.75 Å². The third-order valence-electron chi connectivity index (χ3n) is 4.93. The largest absolute Gasteiger partial charge is 0.496 e. The van der Waals surface area contributed by atoms with Crippen molar-refractivity contribution in [2.75, 3.05) is 44.8 Å². The first-order chi connectivity index (χ1) is 11.5. The van der Waals surface area contributed by atoms with Crippen LogP contribution in [0.25, 0.3) is 0 Å². The fourth-order valence-electron chi connectivity index (χ4n) is 3.52. The number of nitrogens with zero attached hydrogens (tertiary/aromatic N) is 2. The number of hydrogen-bond acceptors (Lipinski definition) is 5. The quantitative estimate of drug-likeness (QED) is 0.793. The van der Waals surface area contributed by atoms with Gasteiger partial charge in [0.25, 0.3) is 0 Å². The van der Waals surface area contributed by atoms with Crippen LogP contribution in [0.4, 0.5) is 0 Å². The lowest BCUT2D eigenvalue weighted by atomic mass is 10.1. The molecule has 1 aromatic carbocycles. The predicted molar refractivity (Wildman–Crippen MR) is 91.9 cm³/mol. The van der Waals surface area contributed by atoms with E-state index >= 15 is 0 Å². The van der Waals surface area contributed by atoms with E-state index < -0.39 is 9.84 Å². The summed E-state index contributed by atoms with van der Waals surface area (Å²) in [5.41, 5.74) is 0.898. The number of methoxy groups -OCH3 is 1. The van der Waals surface area contributed by atoms with Crippen LogP contribution in [0, 0.1) is 0 Å². The zero-order chi connectivity index (χ0) is 17.2. The molecule has 0 saturated carbocycles. The van der Waals surface area contributed by atoms with Gasteiger partial charge in [0.2, 0.25) is 5.91 Å². The van der Waals surface area contributed by atoms with Gasteiger partial charge in [0.15, 0.2) is 9.84 Å². The van der Waals surface area contributed by atoms with Gasteiger partial charge in [-0.25, -0.2) is 8.42 Å². The lowest BCUT2D eigenvalue weighted by Crippen LogP contribution is -2.52. The zero-order valence-electron chi connectivity index (χ0n) is 14.0. The summed E-state index contributed by atoms with van der Waals surface area (Å²) in [5, 5.41) is 0. The first-order valence-corrected chi connectivity index (χ1v) is 10.1. The Balaban J connectivity index is 1.54. The number of benzene rings is 1. The fraction of sp³-hybridized carbons (Fsp3) is 0.588. The number of rotatable bonds is 4. The minimum absolute atomic E-state index is 0.0955. The maximum Gasteiger partial charge on any atom is 0.227 e. The molecule has 0 aromatic heterocycles. The van der Waals surface area contributed by atoms with Crippen molar-refractivity contribution in [2.24, 2.45) is 0 Å². The van der Waals surface area contributed by atoms with Crippen molar-refractivity contribution in [1.29, 1.82) is 0 Å². The third-order valence-corrected chi connectivity index (χ3v) is 6.68.